The van der Waals surface area contributed by atoms with Crippen LogP contribution in [0.5, 0.6) is 5.88 Å². The molecule has 3 rings (SSSR count). The number of hydrogen-bond donors (Lipinski definition) is 4. The summed E-state index contributed by atoms with van der Waals surface area (Å²) >= 11 is 0. The van der Waals surface area contributed by atoms with Gasteiger partial charge in [0.05, 0.1) is 26.9 Å². The minimum Gasteiger partial charge on any atom is -0.857 e. The number of aromatic nitrogens is 4. The molecule has 0 aromatic carbocycles. The first kappa shape index (κ1) is 35.5. The summed E-state index contributed by atoms with van der Waals surface area (Å²) < 4.78 is 51.3. The second-order valence-electron chi connectivity index (χ2n) is 5.99. The predicted molar refractivity (Wildman–Crippen MR) is 89.1 cm³/mol. The first-order chi connectivity index (χ1) is 14.2. The molecule has 1 aliphatic rings. The van der Waals surface area contributed by atoms with Crippen molar-refractivity contribution in [3.63, 3.8) is 0 Å². The average Bonchev–Trinajstić information content (AvgIpc) is 3.13. The largest absolute Gasteiger partial charge is 1.00 e. The average molecular weight is 573 g/mol. The molecule has 1 fully saturated rings. The van der Waals surface area contributed by atoms with Crippen LogP contribution in [0.25, 0.3) is 11.2 Å². The van der Waals surface area contributed by atoms with Crippen LogP contribution in [0.2, 0.25) is 0 Å². The smallest absolute Gasteiger partial charge is 0.857 e. The topological polar surface area (TPSA) is 288 Å². The fourth-order valence-corrected chi connectivity index (χ4v) is 5.58. The number of nitrogens with two attached hydrogens (primary N) is 1. The molecule has 5 unspecified atom stereocenters. The van der Waals surface area contributed by atoms with Gasteiger partial charge in [-0.1, -0.05) is 0 Å². The van der Waals surface area contributed by atoms with Crippen molar-refractivity contribution in [2.45, 2.75) is 24.9 Å². The molecular weight excluding hydrogens is 560 g/mol. The zero-order chi connectivity index (χ0) is 23.2. The molecule has 0 aliphatic carbocycles. The number of nitrogens with zero attached hydrogens (tertiary/aromatic N) is 4. The molecular formula is C10H13N5Na3O13P3. The Bertz CT molecular complexity index is 1130. The number of phosphoric ester groups is 1. The fraction of sp³-hybridized carbons (Fsp3) is 0.500. The zero-order valence-electron chi connectivity index (χ0n) is 17.9. The number of fused-ring (bicyclic) bond motifs is 1. The van der Waals surface area contributed by atoms with Crippen LogP contribution in [-0.4, -0.2) is 53.2 Å². The molecule has 0 spiro atoms. The van der Waals surface area contributed by atoms with Crippen LogP contribution in [0.4, 0.5) is 5.95 Å². The summed E-state index contributed by atoms with van der Waals surface area (Å²) in [6.07, 6.45) is -2.51. The van der Waals surface area contributed by atoms with E-state index >= 15 is 0 Å². The van der Waals surface area contributed by atoms with E-state index in [1.807, 2.05) is 0 Å². The van der Waals surface area contributed by atoms with Gasteiger partial charge >= 0.3 is 104 Å². The van der Waals surface area contributed by atoms with E-state index in [4.69, 9.17) is 15.4 Å². The normalized spacial score (nSPS) is 23.7. The second-order valence-corrected chi connectivity index (χ2v) is 10.3. The molecule has 1 aliphatic heterocycles. The maximum absolute atomic E-state index is 11.8. The van der Waals surface area contributed by atoms with Crippen molar-refractivity contribution >= 4 is 40.6 Å². The van der Waals surface area contributed by atoms with Crippen LogP contribution in [0, 0.1) is 0 Å². The van der Waals surface area contributed by atoms with Gasteiger partial charge in [0.1, 0.15) is 17.8 Å². The number of anilines is 1. The first-order valence-corrected chi connectivity index (χ1v) is 12.4. The molecule has 2 aromatic heterocycles. The Balaban J connectivity index is 0.00000363. The van der Waals surface area contributed by atoms with Gasteiger partial charge in [-0.25, -0.2) is 19.1 Å². The van der Waals surface area contributed by atoms with E-state index in [0.717, 1.165) is 0 Å². The molecule has 1 saturated heterocycles. The van der Waals surface area contributed by atoms with E-state index in [1.54, 1.807) is 0 Å². The molecule has 0 amide bonds. The molecule has 0 bridgehead atoms. The number of nitrogen functional groups attached to an aromatic ring is 1. The van der Waals surface area contributed by atoms with Gasteiger partial charge in [0.2, 0.25) is 5.95 Å². The van der Waals surface area contributed by atoms with E-state index in [2.05, 4.69) is 28.1 Å². The maximum atomic E-state index is 11.8. The molecule has 18 nitrogen and oxygen atoms in total. The molecule has 0 saturated carbocycles. The van der Waals surface area contributed by atoms with Crippen molar-refractivity contribution in [2.24, 2.45) is 0 Å². The van der Waals surface area contributed by atoms with E-state index in [1.165, 1.54) is 10.9 Å². The monoisotopic (exact) mass is 573 g/mol. The van der Waals surface area contributed by atoms with E-state index in [9.17, 15) is 38.6 Å². The third-order valence-corrected chi connectivity index (χ3v) is 7.48. The van der Waals surface area contributed by atoms with Crippen molar-refractivity contribution < 1.29 is 150 Å². The van der Waals surface area contributed by atoms with Gasteiger partial charge in [-0.05, 0) is 0 Å². The number of aliphatic hydroxyl groups is 1. The summed E-state index contributed by atoms with van der Waals surface area (Å²) in [6.45, 7) is -0.881. The summed E-state index contributed by atoms with van der Waals surface area (Å²) in [7, 11) is -17.3. The standard InChI is InChI=1S/C10H16N5O13P3.3Na/c11-10-13-8-7(9(17)14-10)12-3-15(8)6-1-4(16)5(26-6)2-25-30(21,22)28-31(23,24)27-29(18,19)20;;;/h3-6,16H,1-2H2,(H,21,22)(H,23,24)(H2,18,19,20)(H3,11,13,14,17);;;/q;3*+1/p-3. The summed E-state index contributed by atoms with van der Waals surface area (Å²) in [5, 5.41) is 21.9. The molecule has 5 N–H and O–H groups in total. The maximum Gasteiger partial charge on any atom is 1.00 e. The Morgan fingerprint density at radius 2 is 1.76 bits per heavy atom. The summed E-state index contributed by atoms with van der Waals surface area (Å²) in [5.74, 6) is -1.07. The number of aliphatic hydroxyl groups excluding tert-OH is 1. The molecule has 24 heteroatoms. The SMILES string of the molecule is Nc1nc([O-])c2ncn(C3CC(O)C(COP(=O)(O)OP(=O)(O)OP(=O)([O-])[O-])O3)c2n1.[Na+].[Na+].[Na+]. The Morgan fingerprint density at radius 1 is 1.15 bits per heavy atom. The Morgan fingerprint density at radius 3 is 2.35 bits per heavy atom. The number of rotatable bonds is 8. The van der Waals surface area contributed by atoms with Gasteiger partial charge in [0, 0.05) is 12.3 Å². The van der Waals surface area contributed by atoms with Crippen LogP contribution < -0.4 is 109 Å². The van der Waals surface area contributed by atoms with Crippen LogP contribution in [0.15, 0.2) is 6.33 Å². The van der Waals surface area contributed by atoms with E-state index < -0.39 is 54.4 Å². The number of hydrogen-bond acceptors (Lipinski definition) is 15. The predicted octanol–water partition coefficient (Wildman–Crippen LogP) is -11.8. The summed E-state index contributed by atoms with van der Waals surface area (Å²) in [6, 6.07) is 0. The quantitative estimate of drug-likeness (QED) is 0.168. The number of phosphoric acid groups is 3. The van der Waals surface area contributed by atoms with Crippen molar-refractivity contribution in [3.05, 3.63) is 6.33 Å². The third-order valence-electron chi connectivity index (χ3n) is 3.73. The van der Waals surface area contributed by atoms with Crippen molar-refractivity contribution in [1.29, 1.82) is 0 Å². The fourth-order valence-electron chi connectivity index (χ4n) is 2.62. The third kappa shape index (κ3) is 9.66. The molecule has 34 heavy (non-hydrogen) atoms. The summed E-state index contributed by atoms with van der Waals surface area (Å²) in [5.41, 5.74) is 5.32. The van der Waals surface area contributed by atoms with Gasteiger partial charge in [-0.15, -0.1) is 0 Å². The molecule has 5 atom stereocenters. The van der Waals surface area contributed by atoms with E-state index in [-0.39, 0.29) is 112 Å². The van der Waals surface area contributed by atoms with Crippen LogP contribution >= 0.6 is 23.5 Å². The summed E-state index contributed by atoms with van der Waals surface area (Å²) in [4.78, 5) is 50.3. The molecule has 0 radical (unpaired) electrons. The first-order valence-electron chi connectivity index (χ1n) is 7.91. The van der Waals surface area contributed by atoms with Gasteiger partial charge < -0.3 is 44.8 Å². The zero-order valence-corrected chi connectivity index (χ0v) is 26.5. The number of ether oxygens (including phenoxy) is 1. The van der Waals surface area contributed by atoms with Crippen molar-refractivity contribution in [3.8, 4) is 5.88 Å². The molecule has 3 heterocycles. The Labute approximate surface area is 256 Å². The minimum absolute atomic E-state index is 0. The van der Waals surface area contributed by atoms with E-state index in [0.29, 0.717) is 0 Å². The Kier molecular flexibility index (Phi) is 14.1. The van der Waals surface area contributed by atoms with Gasteiger partial charge in [0.15, 0.2) is 5.65 Å². The van der Waals surface area contributed by atoms with Gasteiger partial charge in [-0.3, -0.25) is 13.4 Å². The second kappa shape index (κ2) is 13.5. The van der Waals surface area contributed by atoms with Crippen LogP contribution in [-0.2, 0) is 31.6 Å². The van der Waals surface area contributed by atoms with Crippen LogP contribution in [0.3, 0.4) is 0 Å². The Hall–Kier alpha value is 1.48. The minimum atomic E-state index is -6.03. The molecule has 174 valence electrons. The van der Waals surface area contributed by atoms with Crippen molar-refractivity contribution in [2.75, 3.05) is 12.3 Å². The van der Waals surface area contributed by atoms with Gasteiger partial charge in [0.25, 0.3) is 0 Å². The van der Waals surface area contributed by atoms with Crippen molar-refractivity contribution in [1.82, 2.24) is 19.5 Å². The van der Waals surface area contributed by atoms with Crippen LogP contribution in [0.1, 0.15) is 12.6 Å². The number of imidazole rings is 1. The van der Waals surface area contributed by atoms with Gasteiger partial charge in [-0.2, -0.15) is 9.29 Å². The molecule has 2 aromatic rings.